The number of methoxy groups -OCH3 is 1. The molecule has 3 rings (SSSR count). The molecule has 2 N–H and O–H groups in total. The van der Waals surface area contributed by atoms with Crippen LogP contribution in [0.2, 0.25) is 0 Å². The Bertz CT molecular complexity index is 959. The highest BCUT2D eigenvalue weighted by atomic mass is 32.2. The first-order valence-corrected chi connectivity index (χ1v) is 9.42. The summed E-state index contributed by atoms with van der Waals surface area (Å²) in [4.78, 5) is 15.7. The highest BCUT2D eigenvalue weighted by molar-refractivity contribution is 7.94. The number of hydrogen-bond acceptors (Lipinski definition) is 8. The van der Waals surface area contributed by atoms with Crippen molar-refractivity contribution in [1.29, 1.82) is 0 Å². The first kappa shape index (κ1) is 17.2. The van der Waals surface area contributed by atoms with Crippen molar-refractivity contribution >= 4 is 33.3 Å². The zero-order valence-electron chi connectivity index (χ0n) is 13.1. The summed E-state index contributed by atoms with van der Waals surface area (Å²) in [6.07, 6.45) is 2.72. The van der Waals surface area contributed by atoms with Gasteiger partial charge in [0.25, 0.3) is 16.0 Å². The fourth-order valence-electron chi connectivity index (χ4n) is 1.99. The van der Waals surface area contributed by atoms with Crippen LogP contribution in [0.3, 0.4) is 0 Å². The summed E-state index contributed by atoms with van der Waals surface area (Å²) in [6.45, 7) is 0. The van der Waals surface area contributed by atoms with Crippen molar-refractivity contribution in [3.8, 4) is 0 Å². The van der Waals surface area contributed by atoms with Gasteiger partial charge in [0.15, 0.2) is 0 Å². The number of anilines is 1. The smallest absolute Gasteiger partial charge is 0.348 e. The zero-order chi connectivity index (χ0) is 17.9. The van der Waals surface area contributed by atoms with E-state index in [4.69, 9.17) is 4.42 Å². The first-order chi connectivity index (χ1) is 12.0. The minimum absolute atomic E-state index is 0.0326. The maximum Gasteiger partial charge on any atom is 0.348 e. The second-order valence-electron chi connectivity index (χ2n) is 4.90. The van der Waals surface area contributed by atoms with Crippen molar-refractivity contribution in [2.75, 3.05) is 11.8 Å². The van der Waals surface area contributed by atoms with Crippen molar-refractivity contribution in [3.63, 3.8) is 0 Å². The summed E-state index contributed by atoms with van der Waals surface area (Å²) in [5, 5.41) is 6.52. The van der Waals surface area contributed by atoms with Gasteiger partial charge in [-0.15, -0.1) is 16.4 Å². The quantitative estimate of drug-likeness (QED) is 0.597. The molecular formula is C14H14N4O5S2. The van der Waals surface area contributed by atoms with Gasteiger partial charge in [0.2, 0.25) is 0 Å². The maximum absolute atomic E-state index is 12.3. The van der Waals surface area contributed by atoms with Gasteiger partial charge in [-0.25, -0.2) is 17.9 Å². The highest BCUT2D eigenvalue weighted by Gasteiger charge is 2.21. The normalized spacial score (nSPS) is 11.4. The Hall–Kier alpha value is -2.66. The van der Waals surface area contributed by atoms with E-state index in [0.29, 0.717) is 18.7 Å². The standard InChI is InChI=1S/C14H14N4O5S2/c1-22-13(19)10-5-7-12(24-10)25(20,21)18-14-15-11(16-17-14)6-4-9-3-2-8-23-9/h2-3,5,7-8H,4,6H2,1H3,(H2,15,16,17,18). The molecule has 0 atom stereocenters. The van der Waals surface area contributed by atoms with Crippen LogP contribution in [-0.2, 0) is 27.6 Å². The molecule has 0 bridgehead atoms. The number of ether oxygens (including phenoxy) is 1. The van der Waals surface area contributed by atoms with Gasteiger partial charge in [-0.3, -0.25) is 5.10 Å². The molecule has 0 saturated heterocycles. The van der Waals surface area contributed by atoms with Gasteiger partial charge in [-0.1, -0.05) is 0 Å². The molecule has 3 aromatic heterocycles. The van der Waals surface area contributed by atoms with Crippen LogP contribution in [0.1, 0.15) is 21.3 Å². The maximum atomic E-state index is 12.3. The molecule has 0 spiro atoms. The van der Waals surface area contributed by atoms with Crippen molar-refractivity contribution < 1.29 is 22.4 Å². The molecule has 11 heteroatoms. The van der Waals surface area contributed by atoms with Crippen LogP contribution in [0.4, 0.5) is 5.95 Å². The van der Waals surface area contributed by atoms with Crippen molar-refractivity contribution in [1.82, 2.24) is 15.2 Å². The average molecular weight is 382 g/mol. The van der Waals surface area contributed by atoms with E-state index in [1.165, 1.54) is 19.2 Å². The van der Waals surface area contributed by atoms with Crippen LogP contribution in [-0.4, -0.2) is 36.7 Å². The van der Waals surface area contributed by atoms with E-state index in [1.807, 2.05) is 6.07 Å². The number of rotatable bonds is 7. The summed E-state index contributed by atoms with van der Waals surface area (Å²) in [6, 6.07) is 6.34. The fraction of sp³-hybridized carbons (Fsp3) is 0.214. The number of aromatic amines is 1. The SMILES string of the molecule is COC(=O)c1ccc(S(=O)(=O)Nc2n[nH]c(CCc3ccco3)n2)s1. The number of nitrogens with one attached hydrogen (secondary N) is 2. The second kappa shape index (κ2) is 7.07. The molecule has 25 heavy (non-hydrogen) atoms. The van der Waals surface area contributed by atoms with E-state index in [0.717, 1.165) is 17.1 Å². The summed E-state index contributed by atoms with van der Waals surface area (Å²) in [5.41, 5.74) is 0. The Morgan fingerprint density at radius 1 is 1.36 bits per heavy atom. The predicted octanol–water partition coefficient (Wildman–Crippen LogP) is 1.83. The Kier molecular flexibility index (Phi) is 4.86. The van der Waals surface area contributed by atoms with E-state index in [9.17, 15) is 13.2 Å². The molecule has 0 aliphatic rings. The number of carbonyl (C=O) groups excluding carboxylic acids is 1. The number of thiophene rings is 1. The van der Waals surface area contributed by atoms with Gasteiger partial charge < -0.3 is 9.15 Å². The molecule has 0 amide bonds. The number of carbonyl (C=O) groups is 1. The summed E-state index contributed by atoms with van der Waals surface area (Å²) >= 11 is 0.804. The molecule has 0 fully saturated rings. The number of sulfonamides is 1. The fourth-order valence-corrected chi connectivity index (χ4v) is 4.16. The lowest BCUT2D eigenvalue weighted by Gasteiger charge is -2.00. The monoisotopic (exact) mass is 382 g/mol. The van der Waals surface area contributed by atoms with Gasteiger partial charge in [-0.2, -0.15) is 4.98 Å². The number of esters is 1. The Morgan fingerprint density at radius 2 is 2.20 bits per heavy atom. The third-order valence-corrected chi connectivity index (χ3v) is 6.06. The molecule has 0 saturated carbocycles. The van der Waals surface area contributed by atoms with Crippen molar-refractivity contribution in [2.24, 2.45) is 0 Å². The Balaban J connectivity index is 1.66. The van der Waals surface area contributed by atoms with E-state index in [-0.39, 0.29) is 15.0 Å². The number of furan rings is 1. The van der Waals surface area contributed by atoms with Crippen LogP contribution in [0.5, 0.6) is 0 Å². The second-order valence-corrected chi connectivity index (χ2v) is 7.89. The lowest BCUT2D eigenvalue weighted by atomic mass is 10.2. The summed E-state index contributed by atoms with van der Waals surface area (Å²) in [5.74, 6) is 0.662. The molecule has 0 radical (unpaired) electrons. The van der Waals surface area contributed by atoms with Gasteiger partial charge in [0.05, 0.1) is 13.4 Å². The molecule has 0 unspecified atom stereocenters. The minimum Gasteiger partial charge on any atom is -0.469 e. The van der Waals surface area contributed by atoms with E-state index in [2.05, 4.69) is 24.6 Å². The molecule has 0 aromatic carbocycles. The van der Waals surface area contributed by atoms with Crippen LogP contribution < -0.4 is 4.72 Å². The van der Waals surface area contributed by atoms with E-state index >= 15 is 0 Å². The average Bonchev–Trinajstić information content (AvgIpc) is 3.32. The van der Waals surface area contributed by atoms with Crippen molar-refractivity contribution in [3.05, 3.63) is 47.0 Å². The number of H-pyrrole nitrogens is 1. The topological polar surface area (TPSA) is 127 Å². The lowest BCUT2D eigenvalue weighted by Crippen LogP contribution is -2.12. The van der Waals surface area contributed by atoms with Crippen LogP contribution in [0, 0.1) is 0 Å². The van der Waals surface area contributed by atoms with Crippen LogP contribution in [0.25, 0.3) is 0 Å². The highest BCUT2D eigenvalue weighted by Crippen LogP contribution is 2.23. The first-order valence-electron chi connectivity index (χ1n) is 7.12. The summed E-state index contributed by atoms with van der Waals surface area (Å²) < 4.78 is 36.7. The number of nitrogens with zero attached hydrogens (tertiary/aromatic N) is 2. The van der Waals surface area contributed by atoms with Gasteiger partial charge in [0.1, 0.15) is 20.7 Å². The zero-order valence-corrected chi connectivity index (χ0v) is 14.7. The Morgan fingerprint density at radius 3 is 2.92 bits per heavy atom. The lowest BCUT2D eigenvalue weighted by molar-refractivity contribution is 0.0606. The summed E-state index contributed by atoms with van der Waals surface area (Å²) in [7, 11) is -2.65. The van der Waals surface area contributed by atoms with Crippen molar-refractivity contribution in [2.45, 2.75) is 17.1 Å². The van der Waals surface area contributed by atoms with E-state index in [1.54, 1.807) is 12.3 Å². The molecule has 0 aliphatic heterocycles. The number of aromatic nitrogens is 3. The number of hydrogen-bond donors (Lipinski definition) is 2. The van der Waals surface area contributed by atoms with E-state index < -0.39 is 16.0 Å². The minimum atomic E-state index is -3.88. The molecule has 0 aliphatic carbocycles. The third kappa shape index (κ3) is 4.06. The molecule has 3 aromatic rings. The third-order valence-electron chi connectivity index (χ3n) is 3.18. The predicted molar refractivity (Wildman–Crippen MR) is 89.0 cm³/mol. The van der Waals surface area contributed by atoms with Crippen LogP contribution in [0.15, 0.2) is 39.2 Å². The number of aryl methyl sites for hydroxylation is 2. The van der Waals surface area contributed by atoms with Gasteiger partial charge >= 0.3 is 5.97 Å². The Labute approximate surface area is 147 Å². The largest absolute Gasteiger partial charge is 0.469 e. The molecular weight excluding hydrogens is 368 g/mol. The molecule has 3 heterocycles. The van der Waals surface area contributed by atoms with Gasteiger partial charge in [-0.05, 0) is 24.3 Å². The van der Waals surface area contributed by atoms with Gasteiger partial charge in [0, 0.05) is 12.8 Å². The molecule has 132 valence electrons. The molecule has 9 nitrogen and oxygen atoms in total. The van der Waals surface area contributed by atoms with Crippen LogP contribution >= 0.6 is 11.3 Å².